The largest absolute Gasteiger partial charge is 0.368 e. The molecule has 9 nitrogen and oxygen atoms in total. The lowest BCUT2D eigenvalue weighted by molar-refractivity contribution is -0.124. The molecule has 1 atom stereocenters. The Morgan fingerprint density at radius 3 is 2.93 bits per heavy atom. The molecule has 30 heavy (non-hydrogen) atoms. The van der Waals surface area contributed by atoms with Crippen LogP contribution in [0.25, 0.3) is 0 Å². The van der Waals surface area contributed by atoms with Gasteiger partial charge in [-0.3, -0.25) is 14.2 Å². The summed E-state index contributed by atoms with van der Waals surface area (Å²) in [7, 11) is 0. The summed E-state index contributed by atoms with van der Waals surface area (Å²) in [4.78, 5) is 36.9. The number of aryl methyl sites for hydroxylation is 2. The van der Waals surface area contributed by atoms with Gasteiger partial charge in [-0.05, 0) is 50.3 Å². The third-order valence-electron chi connectivity index (χ3n) is 5.48. The summed E-state index contributed by atoms with van der Waals surface area (Å²) in [6, 6.07) is 6.83. The van der Waals surface area contributed by atoms with Crippen molar-refractivity contribution < 1.29 is 14.3 Å². The molecular weight excluding hydrogens is 386 g/mol. The maximum absolute atomic E-state index is 12.4. The minimum atomic E-state index is -0.417. The standard InChI is InChI=1S/C21H27N5O4/c27-19(15-6-3-7-16(14-15)23-20(28)17-8-4-13-30-17)22-10-5-12-26-21(29)25-11-2-1-9-18(25)24-26/h3,6-7,14,17H,1-2,4-5,8-13H2,(H,22,27)(H,23,28)/t17-/m1/s1. The van der Waals surface area contributed by atoms with Gasteiger partial charge in [0.2, 0.25) is 0 Å². The van der Waals surface area contributed by atoms with Crippen LogP contribution in [-0.2, 0) is 29.0 Å². The Morgan fingerprint density at radius 2 is 2.13 bits per heavy atom. The highest BCUT2D eigenvalue weighted by Gasteiger charge is 2.23. The molecule has 1 fully saturated rings. The van der Waals surface area contributed by atoms with Crippen LogP contribution in [0.3, 0.4) is 0 Å². The van der Waals surface area contributed by atoms with Gasteiger partial charge in [0, 0.05) is 43.9 Å². The maximum atomic E-state index is 12.4. The number of nitrogens with zero attached hydrogens (tertiary/aromatic N) is 3. The molecule has 0 bridgehead atoms. The van der Waals surface area contributed by atoms with Gasteiger partial charge in [0.15, 0.2) is 0 Å². The van der Waals surface area contributed by atoms with Gasteiger partial charge in [-0.25, -0.2) is 9.48 Å². The number of aromatic nitrogens is 3. The van der Waals surface area contributed by atoms with Gasteiger partial charge in [0.1, 0.15) is 11.9 Å². The molecule has 2 aliphatic rings. The van der Waals surface area contributed by atoms with E-state index in [2.05, 4.69) is 15.7 Å². The smallest absolute Gasteiger partial charge is 0.345 e. The van der Waals surface area contributed by atoms with Gasteiger partial charge < -0.3 is 15.4 Å². The molecule has 0 aliphatic carbocycles. The molecule has 9 heteroatoms. The van der Waals surface area contributed by atoms with Crippen LogP contribution in [0.4, 0.5) is 5.69 Å². The van der Waals surface area contributed by atoms with Gasteiger partial charge in [-0.1, -0.05) is 6.07 Å². The second-order valence-corrected chi connectivity index (χ2v) is 7.71. The van der Waals surface area contributed by atoms with E-state index in [1.165, 1.54) is 4.68 Å². The highest BCUT2D eigenvalue weighted by atomic mass is 16.5. The highest BCUT2D eigenvalue weighted by Crippen LogP contribution is 2.16. The molecule has 0 saturated carbocycles. The van der Waals surface area contributed by atoms with Gasteiger partial charge in [-0.15, -0.1) is 0 Å². The quantitative estimate of drug-likeness (QED) is 0.666. The molecule has 160 valence electrons. The lowest BCUT2D eigenvalue weighted by Crippen LogP contribution is -2.29. The monoisotopic (exact) mass is 413 g/mol. The van der Waals surface area contributed by atoms with E-state index in [1.807, 2.05) is 0 Å². The topological polar surface area (TPSA) is 107 Å². The SMILES string of the molecule is O=C(NCCCn1nc2n(c1=O)CCCC2)c1cccc(NC(=O)[C@H]2CCCO2)c1. The molecule has 3 heterocycles. The van der Waals surface area contributed by atoms with E-state index in [4.69, 9.17) is 4.74 Å². The van der Waals surface area contributed by atoms with Crippen molar-refractivity contribution in [3.05, 3.63) is 46.1 Å². The van der Waals surface area contributed by atoms with Gasteiger partial charge in [0.25, 0.3) is 11.8 Å². The van der Waals surface area contributed by atoms with Crippen LogP contribution in [0.15, 0.2) is 29.1 Å². The number of ether oxygens (including phenoxy) is 1. The van der Waals surface area contributed by atoms with E-state index in [9.17, 15) is 14.4 Å². The first-order valence-corrected chi connectivity index (χ1v) is 10.6. The average molecular weight is 413 g/mol. The minimum Gasteiger partial charge on any atom is -0.368 e. The zero-order chi connectivity index (χ0) is 20.9. The minimum absolute atomic E-state index is 0.0642. The third kappa shape index (κ3) is 4.62. The molecule has 2 amide bonds. The molecule has 2 aromatic rings. The van der Waals surface area contributed by atoms with Crippen LogP contribution in [0, 0.1) is 0 Å². The molecule has 2 N–H and O–H groups in total. The summed E-state index contributed by atoms with van der Waals surface area (Å²) in [5.41, 5.74) is 0.971. The zero-order valence-electron chi connectivity index (χ0n) is 16.9. The number of anilines is 1. The number of rotatable bonds is 7. The maximum Gasteiger partial charge on any atom is 0.345 e. The first-order valence-electron chi connectivity index (χ1n) is 10.6. The van der Waals surface area contributed by atoms with Crippen LogP contribution < -0.4 is 16.3 Å². The molecule has 4 rings (SSSR count). The second kappa shape index (κ2) is 9.25. The average Bonchev–Trinajstić information content (AvgIpc) is 3.40. The molecule has 0 spiro atoms. The number of nitrogens with one attached hydrogen (secondary N) is 2. The molecule has 2 aliphatic heterocycles. The third-order valence-corrected chi connectivity index (χ3v) is 5.48. The molecule has 0 radical (unpaired) electrons. The van der Waals surface area contributed by atoms with Crippen LogP contribution in [0.2, 0.25) is 0 Å². The summed E-state index contributed by atoms with van der Waals surface area (Å²) < 4.78 is 8.62. The zero-order valence-corrected chi connectivity index (χ0v) is 16.9. The lowest BCUT2D eigenvalue weighted by Gasteiger charge is -2.11. The Kier molecular flexibility index (Phi) is 6.27. The number of hydrogen-bond donors (Lipinski definition) is 2. The van der Waals surface area contributed by atoms with Crippen molar-refractivity contribution in [1.29, 1.82) is 0 Å². The second-order valence-electron chi connectivity index (χ2n) is 7.71. The Bertz CT molecular complexity index is 974. The highest BCUT2D eigenvalue weighted by molar-refractivity contribution is 5.98. The molecule has 1 saturated heterocycles. The summed E-state index contributed by atoms with van der Waals surface area (Å²) in [5, 5.41) is 10.1. The van der Waals surface area contributed by atoms with E-state index in [-0.39, 0.29) is 17.5 Å². The van der Waals surface area contributed by atoms with E-state index >= 15 is 0 Å². The summed E-state index contributed by atoms with van der Waals surface area (Å²) >= 11 is 0. The fraction of sp³-hybridized carbons (Fsp3) is 0.524. The summed E-state index contributed by atoms with van der Waals surface area (Å²) in [6.07, 6.45) is 4.72. The Labute approximate surface area is 174 Å². The number of amides is 2. The fourth-order valence-corrected chi connectivity index (χ4v) is 3.87. The van der Waals surface area contributed by atoms with E-state index < -0.39 is 6.10 Å². The van der Waals surface area contributed by atoms with Gasteiger partial charge in [-0.2, -0.15) is 5.10 Å². The first-order chi connectivity index (χ1) is 14.6. The number of hydrogen-bond acceptors (Lipinski definition) is 5. The van der Waals surface area contributed by atoms with Crippen molar-refractivity contribution in [3.8, 4) is 0 Å². The first kappa shape index (κ1) is 20.3. The molecule has 1 aromatic heterocycles. The van der Waals surface area contributed by atoms with Crippen molar-refractivity contribution in [3.63, 3.8) is 0 Å². The van der Waals surface area contributed by atoms with E-state index in [0.717, 1.165) is 44.5 Å². The summed E-state index contributed by atoms with van der Waals surface area (Å²) in [5.74, 6) is 0.454. The fourth-order valence-electron chi connectivity index (χ4n) is 3.87. The van der Waals surface area contributed by atoms with Gasteiger partial charge in [0.05, 0.1) is 0 Å². The van der Waals surface area contributed by atoms with Crippen LogP contribution in [0.1, 0.15) is 48.3 Å². The van der Waals surface area contributed by atoms with Crippen molar-refractivity contribution in [2.75, 3.05) is 18.5 Å². The predicted molar refractivity (Wildman–Crippen MR) is 110 cm³/mol. The Morgan fingerprint density at radius 1 is 1.23 bits per heavy atom. The number of benzene rings is 1. The molecule has 1 aromatic carbocycles. The van der Waals surface area contributed by atoms with Gasteiger partial charge >= 0.3 is 5.69 Å². The lowest BCUT2D eigenvalue weighted by atomic mass is 10.1. The molecule has 0 unspecified atom stereocenters. The van der Waals surface area contributed by atoms with E-state index in [1.54, 1.807) is 28.8 Å². The van der Waals surface area contributed by atoms with Crippen molar-refractivity contribution in [2.24, 2.45) is 0 Å². The number of carbonyl (C=O) groups excluding carboxylic acids is 2. The van der Waals surface area contributed by atoms with Crippen LogP contribution >= 0.6 is 0 Å². The van der Waals surface area contributed by atoms with Crippen LogP contribution in [-0.4, -0.2) is 45.4 Å². The van der Waals surface area contributed by atoms with Crippen LogP contribution in [0.5, 0.6) is 0 Å². The number of fused-ring (bicyclic) bond motifs is 1. The van der Waals surface area contributed by atoms with E-state index in [0.29, 0.717) is 37.4 Å². The summed E-state index contributed by atoms with van der Waals surface area (Å²) in [6.45, 7) is 2.25. The predicted octanol–water partition coefficient (Wildman–Crippen LogP) is 1.32. The normalized spacial score (nSPS) is 18.1. The van der Waals surface area contributed by atoms with Crippen molar-refractivity contribution in [2.45, 2.75) is 57.7 Å². The van der Waals surface area contributed by atoms with Crippen molar-refractivity contribution in [1.82, 2.24) is 19.7 Å². The molecular formula is C21H27N5O4. The van der Waals surface area contributed by atoms with Crippen molar-refractivity contribution >= 4 is 17.5 Å². The number of carbonyl (C=O) groups is 2. The Balaban J connectivity index is 1.26. The Hall–Kier alpha value is -2.94.